The van der Waals surface area contributed by atoms with Gasteiger partial charge in [0.15, 0.2) is 0 Å². The molecule has 5 heteroatoms. The molecule has 1 heterocycles. The van der Waals surface area contributed by atoms with E-state index >= 15 is 0 Å². The van der Waals surface area contributed by atoms with E-state index in [-0.39, 0.29) is 5.82 Å². The molecule has 0 saturated heterocycles. The number of nitrogens with zero attached hydrogens (tertiary/aromatic N) is 1. The van der Waals surface area contributed by atoms with Crippen molar-refractivity contribution >= 4 is 45.4 Å². The summed E-state index contributed by atoms with van der Waals surface area (Å²) in [5, 5.41) is 3.24. The summed E-state index contributed by atoms with van der Waals surface area (Å²) in [6, 6.07) is 12.5. The minimum absolute atomic E-state index is 0.291. The first-order chi connectivity index (χ1) is 10.1. The van der Waals surface area contributed by atoms with Crippen molar-refractivity contribution in [3.63, 3.8) is 0 Å². The van der Waals surface area contributed by atoms with Crippen molar-refractivity contribution < 1.29 is 4.39 Å². The summed E-state index contributed by atoms with van der Waals surface area (Å²) in [6.07, 6.45) is 1.95. The predicted octanol–water partition coefficient (Wildman–Crippen LogP) is 3.93. The number of benzene rings is 2. The van der Waals surface area contributed by atoms with Crippen molar-refractivity contribution in [2.75, 3.05) is 11.9 Å². The van der Waals surface area contributed by atoms with Crippen LogP contribution in [-0.4, -0.2) is 12.4 Å². The van der Waals surface area contributed by atoms with Gasteiger partial charge in [-0.1, -0.05) is 6.08 Å². The quantitative estimate of drug-likeness (QED) is 0.777. The summed E-state index contributed by atoms with van der Waals surface area (Å²) in [5.41, 5.74) is 9.18. The Balaban J connectivity index is 1.99. The summed E-state index contributed by atoms with van der Waals surface area (Å²) in [6.45, 7) is 0.571. The number of amidine groups is 1. The van der Waals surface area contributed by atoms with Gasteiger partial charge in [-0.2, -0.15) is 0 Å². The number of halogens is 2. The molecule has 3 rings (SSSR count). The predicted molar refractivity (Wildman–Crippen MR) is 93.3 cm³/mol. The van der Waals surface area contributed by atoms with Gasteiger partial charge < -0.3 is 11.1 Å². The van der Waals surface area contributed by atoms with Crippen LogP contribution in [0.4, 0.5) is 15.8 Å². The van der Waals surface area contributed by atoms with E-state index in [0.29, 0.717) is 18.1 Å². The Hall–Kier alpha value is -1.89. The van der Waals surface area contributed by atoms with Crippen LogP contribution in [0.1, 0.15) is 5.56 Å². The fourth-order valence-corrected chi connectivity index (χ4v) is 2.58. The normalized spacial score (nSPS) is 13.8. The molecule has 2 aromatic rings. The first-order valence-corrected chi connectivity index (χ1v) is 7.54. The number of anilines is 2. The van der Waals surface area contributed by atoms with Crippen molar-refractivity contribution in [3.05, 3.63) is 63.5 Å². The average Bonchev–Trinajstić information content (AvgIpc) is 2.88. The number of nitrogens with two attached hydrogens (primary N) is 1. The summed E-state index contributed by atoms with van der Waals surface area (Å²) in [7, 11) is 0. The van der Waals surface area contributed by atoms with E-state index in [0.717, 1.165) is 20.4 Å². The summed E-state index contributed by atoms with van der Waals surface area (Å²) >= 11 is 2.24. The Morgan fingerprint density at radius 3 is 2.57 bits per heavy atom. The summed E-state index contributed by atoms with van der Waals surface area (Å²) in [5.74, 6) is 0.202. The lowest BCUT2D eigenvalue weighted by molar-refractivity contribution is 0.628. The van der Waals surface area contributed by atoms with Crippen molar-refractivity contribution in [2.45, 2.75) is 0 Å². The zero-order valence-corrected chi connectivity index (χ0v) is 13.3. The molecule has 0 unspecified atom stereocenters. The van der Waals surface area contributed by atoms with Crippen molar-refractivity contribution in [1.82, 2.24) is 0 Å². The van der Waals surface area contributed by atoms with Crippen LogP contribution in [0.5, 0.6) is 0 Å². The summed E-state index contributed by atoms with van der Waals surface area (Å²) in [4.78, 5) is 4.16. The minimum Gasteiger partial charge on any atom is -0.383 e. The molecule has 3 N–H and O–H groups in total. The molecule has 106 valence electrons. The highest BCUT2D eigenvalue weighted by molar-refractivity contribution is 14.1. The van der Waals surface area contributed by atoms with E-state index < -0.39 is 0 Å². The molecule has 2 aromatic carbocycles. The number of hydrogen-bond acceptors (Lipinski definition) is 3. The summed E-state index contributed by atoms with van der Waals surface area (Å²) < 4.78 is 14.7. The van der Waals surface area contributed by atoms with E-state index in [4.69, 9.17) is 5.73 Å². The lowest BCUT2D eigenvalue weighted by Crippen LogP contribution is -2.12. The highest BCUT2D eigenvalue weighted by Crippen LogP contribution is 2.29. The maximum atomic E-state index is 13.6. The lowest BCUT2D eigenvalue weighted by atomic mass is 10.0. The smallest absolute Gasteiger partial charge is 0.126 e. The molecule has 0 saturated carbocycles. The first kappa shape index (κ1) is 14.1. The molecule has 0 amide bonds. The van der Waals surface area contributed by atoms with Crippen molar-refractivity contribution in [2.24, 2.45) is 10.7 Å². The van der Waals surface area contributed by atoms with Gasteiger partial charge in [0.05, 0.1) is 6.54 Å². The highest BCUT2D eigenvalue weighted by atomic mass is 127. The largest absolute Gasteiger partial charge is 0.383 e. The van der Waals surface area contributed by atoms with Gasteiger partial charge in [0.25, 0.3) is 0 Å². The molecule has 21 heavy (non-hydrogen) atoms. The van der Waals surface area contributed by atoms with Crippen LogP contribution in [0.25, 0.3) is 5.57 Å². The zero-order chi connectivity index (χ0) is 14.8. The fourth-order valence-electron chi connectivity index (χ4n) is 2.22. The Morgan fingerprint density at radius 2 is 1.90 bits per heavy atom. The SMILES string of the molecule is NC1=NCC=C1c1ccc(F)cc1Nc1ccc(I)cc1. The van der Waals surface area contributed by atoms with Gasteiger partial charge in [-0.05, 0) is 65.1 Å². The van der Waals surface area contributed by atoms with Gasteiger partial charge in [0.1, 0.15) is 11.7 Å². The maximum absolute atomic E-state index is 13.6. The fraction of sp³-hybridized carbons (Fsp3) is 0.0625. The van der Waals surface area contributed by atoms with Gasteiger partial charge >= 0.3 is 0 Å². The second-order valence-electron chi connectivity index (χ2n) is 4.67. The number of hydrogen-bond donors (Lipinski definition) is 2. The molecular formula is C16H13FIN3. The van der Waals surface area contributed by atoms with Gasteiger partial charge in [0, 0.05) is 26.1 Å². The van der Waals surface area contributed by atoms with E-state index in [2.05, 4.69) is 32.9 Å². The second kappa shape index (κ2) is 5.85. The van der Waals surface area contributed by atoms with Crippen molar-refractivity contribution in [3.8, 4) is 0 Å². The zero-order valence-electron chi connectivity index (χ0n) is 11.1. The van der Waals surface area contributed by atoms with Gasteiger partial charge in [0.2, 0.25) is 0 Å². The number of rotatable bonds is 3. The highest BCUT2D eigenvalue weighted by Gasteiger charge is 2.15. The third-order valence-corrected chi connectivity index (χ3v) is 3.95. The van der Waals surface area contributed by atoms with Crippen LogP contribution in [0.15, 0.2) is 53.5 Å². The molecule has 0 spiro atoms. The Labute approximate surface area is 135 Å². The van der Waals surface area contributed by atoms with Crippen LogP contribution in [-0.2, 0) is 0 Å². The van der Waals surface area contributed by atoms with Gasteiger partial charge in [-0.25, -0.2) is 4.39 Å². The average molecular weight is 393 g/mol. The first-order valence-electron chi connectivity index (χ1n) is 6.46. The third-order valence-electron chi connectivity index (χ3n) is 3.23. The van der Waals surface area contributed by atoms with Crippen LogP contribution in [0.2, 0.25) is 0 Å². The molecule has 0 aliphatic carbocycles. The minimum atomic E-state index is -0.291. The molecule has 0 atom stereocenters. The number of aliphatic imine (C=N–C) groups is 1. The van der Waals surface area contributed by atoms with E-state index in [1.807, 2.05) is 30.3 Å². The molecule has 0 fully saturated rings. The Morgan fingerprint density at radius 1 is 1.14 bits per heavy atom. The molecule has 0 aromatic heterocycles. The van der Waals surface area contributed by atoms with E-state index in [1.54, 1.807) is 6.07 Å². The molecule has 0 bridgehead atoms. The van der Waals surface area contributed by atoms with Crippen LogP contribution in [0.3, 0.4) is 0 Å². The number of nitrogens with one attached hydrogen (secondary N) is 1. The van der Waals surface area contributed by atoms with E-state index in [1.165, 1.54) is 12.1 Å². The topological polar surface area (TPSA) is 50.4 Å². The molecule has 3 nitrogen and oxygen atoms in total. The van der Waals surface area contributed by atoms with Crippen molar-refractivity contribution in [1.29, 1.82) is 0 Å². The third kappa shape index (κ3) is 3.07. The molecule has 1 aliphatic rings. The second-order valence-corrected chi connectivity index (χ2v) is 5.91. The van der Waals surface area contributed by atoms with Crippen LogP contribution in [0, 0.1) is 9.39 Å². The lowest BCUT2D eigenvalue weighted by Gasteiger charge is -2.13. The maximum Gasteiger partial charge on any atom is 0.126 e. The van der Waals surface area contributed by atoms with Gasteiger partial charge in [-0.15, -0.1) is 0 Å². The molecule has 0 radical (unpaired) electrons. The molecule has 1 aliphatic heterocycles. The van der Waals surface area contributed by atoms with Crippen LogP contribution < -0.4 is 11.1 Å². The standard InChI is InChI=1S/C16H13FIN3/c17-10-1-6-13(14-7-8-20-16(14)19)15(9-10)21-12-4-2-11(18)3-5-12/h1-7,9,21H,8H2,(H2,19,20). The Bertz CT molecular complexity index is 736. The van der Waals surface area contributed by atoms with Crippen LogP contribution >= 0.6 is 22.6 Å². The molecular weight excluding hydrogens is 380 g/mol. The monoisotopic (exact) mass is 393 g/mol. The Kier molecular flexibility index (Phi) is 3.92. The van der Waals surface area contributed by atoms with Gasteiger partial charge in [-0.3, -0.25) is 4.99 Å². The van der Waals surface area contributed by atoms with E-state index in [9.17, 15) is 4.39 Å².